The van der Waals surface area contributed by atoms with Gasteiger partial charge in [-0.3, -0.25) is 9.59 Å². The molecule has 0 aliphatic carbocycles. The van der Waals surface area contributed by atoms with E-state index in [4.69, 9.17) is 0 Å². The Bertz CT molecular complexity index is 1280. The molecule has 0 fully saturated rings. The third-order valence-electron chi connectivity index (χ3n) is 4.91. The molecule has 1 aromatic heterocycles. The van der Waals surface area contributed by atoms with Gasteiger partial charge in [0.2, 0.25) is 0 Å². The van der Waals surface area contributed by atoms with Crippen LogP contribution in [-0.2, 0) is 13.1 Å². The summed E-state index contributed by atoms with van der Waals surface area (Å²) in [5, 5.41) is 2.78. The van der Waals surface area contributed by atoms with Crippen LogP contribution in [0.3, 0.4) is 0 Å². The van der Waals surface area contributed by atoms with Crippen LogP contribution in [0.4, 0.5) is 4.39 Å². The maximum absolute atomic E-state index is 13.2. The van der Waals surface area contributed by atoms with Crippen molar-refractivity contribution in [2.45, 2.75) is 20.0 Å². The van der Waals surface area contributed by atoms with Crippen molar-refractivity contribution in [1.82, 2.24) is 14.9 Å². The number of carbonyl (C=O) groups excluding carboxylic acids is 1. The van der Waals surface area contributed by atoms with Crippen molar-refractivity contribution in [3.05, 3.63) is 111 Å². The summed E-state index contributed by atoms with van der Waals surface area (Å²) >= 11 is 0. The van der Waals surface area contributed by atoms with Gasteiger partial charge >= 0.3 is 0 Å². The molecule has 0 saturated carbocycles. The first kappa shape index (κ1) is 19.5. The first-order valence-corrected chi connectivity index (χ1v) is 9.59. The van der Waals surface area contributed by atoms with Crippen LogP contribution >= 0.6 is 0 Å². The lowest BCUT2D eigenvalue weighted by Crippen LogP contribution is -2.25. The van der Waals surface area contributed by atoms with Crippen LogP contribution in [0.25, 0.3) is 11.0 Å². The maximum Gasteiger partial charge on any atom is 0.272 e. The van der Waals surface area contributed by atoms with Gasteiger partial charge in [0.25, 0.3) is 11.5 Å². The first-order valence-electron chi connectivity index (χ1n) is 9.59. The van der Waals surface area contributed by atoms with E-state index in [2.05, 4.69) is 10.3 Å². The molecular formula is C24H20FN3O2. The Kier molecular flexibility index (Phi) is 5.39. The molecule has 0 bridgehead atoms. The second-order valence-corrected chi connectivity index (χ2v) is 7.09. The van der Waals surface area contributed by atoms with E-state index in [1.54, 1.807) is 35.8 Å². The highest BCUT2D eigenvalue weighted by atomic mass is 19.1. The average Bonchev–Trinajstić information content (AvgIpc) is 2.76. The van der Waals surface area contributed by atoms with Gasteiger partial charge < -0.3 is 9.88 Å². The lowest BCUT2D eigenvalue weighted by atomic mass is 10.1. The number of aromatic nitrogens is 2. The third kappa shape index (κ3) is 4.12. The highest BCUT2D eigenvalue weighted by Gasteiger charge is 2.10. The Morgan fingerprint density at radius 2 is 1.77 bits per heavy atom. The van der Waals surface area contributed by atoms with Gasteiger partial charge in [0.05, 0.1) is 17.6 Å². The summed E-state index contributed by atoms with van der Waals surface area (Å²) in [6.45, 7) is 2.33. The number of fused-ring (bicyclic) bond motifs is 1. The highest BCUT2D eigenvalue weighted by Crippen LogP contribution is 2.13. The molecule has 0 atom stereocenters. The van der Waals surface area contributed by atoms with Gasteiger partial charge in [-0.25, -0.2) is 9.37 Å². The zero-order chi connectivity index (χ0) is 21.1. The minimum absolute atomic E-state index is 0.134. The molecule has 6 heteroatoms. The molecule has 4 aromatic rings. The number of aryl methyl sites for hydroxylation is 1. The van der Waals surface area contributed by atoms with Crippen molar-refractivity contribution in [3.8, 4) is 0 Å². The topological polar surface area (TPSA) is 64.0 Å². The van der Waals surface area contributed by atoms with Crippen LogP contribution in [-0.4, -0.2) is 15.5 Å². The summed E-state index contributed by atoms with van der Waals surface area (Å²) in [4.78, 5) is 29.3. The fraction of sp³-hybridized carbons (Fsp3) is 0.125. The van der Waals surface area contributed by atoms with Crippen molar-refractivity contribution >= 4 is 16.9 Å². The molecule has 5 nitrogen and oxygen atoms in total. The normalized spacial score (nSPS) is 10.9. The van der Waals surface area contributed by atoms with E-state index < -0.39 is 0 Å². The van der Waals surface area contributed by atoms with E-state index in [0.717, 1.165) is 16.6 Å². The predicted octanol–water partition coefficient (Wildman–Crippen LogP) is 3.82. The van der Waals surface area contributed by atoms with Gasteiger partial charge in [0.1, 0.15) is 11.5 Å². The van der Waals surface area contributed by atoms with E-state index in [1.807, 2.05) is 36.4 Å². The van der Waals surface area contributed by atoms with Gasteiger partial charge in [0, 0.05) is 12.1 Å². The maximum atomic E-state index is 13.2. The van der Waals surface area contributed by atoms with Gasteiger partial charge in [-0.15, -0.1) is 0 Å². The minimum Gasteiger partial charge on any atom is -0.348 e. The number of nitrogens with zero attached hydrogens (tertiary/aromatic N) is 2. The second kappa shape index (κ2) is 8.29. The molecule has 0 spiro atoms. The highest BCUT2D eigenvalue weighted by molar-refractivity contribution is 5.94. The van der Waals surface area contributed by atoms with Crippen molar-refractivity contribution in [2.24, 2.45) is 0 Å². The summed E-state index contributed by atoms with van der Waals surface area (Å²) < 4.78 is 14.9. The fourth-order valence-corrected chi connectivity index (χ4v) is 3.35. The summed E-state index contributed by atoms with van der Waals surface area (Å²) in [5.41, 5.74) is 3.94. The van der Waals surface area contributed by atoms with E-state index in [0.29, 0.717) is 23.4 Å². The molecule has 150 valence electrons. The van der Waals surface area contributed by atoms with E-state index in [9.17, 15) is 14.0 Å². The monoisotopic (exact) mass is 401 g/mol. The molecule has 3 aromatic carbocycles. The Balaban J connectivity index is 1.50. The lowest BCUT2D eigenvalue weighted by molar-refractivity contribution is 0.0951. The summed E-state index contributed by atoms with van der Waals surface area (Å²) in [6, 6.07) is 20.7. The summed E-state index contributed by atoms with van der Waals surface area (Å²) in [5.74, 6) is -0.576. The van der Waals surface area contributed by atoms with Crippen LogP contribution < -0.4 is 10.9 Å². The Hall–Kier alpha value is -3.80. The Morgan fingerprint density at radius 3 is 2.53 bits per heavy atom. The lowest BCUT2D eigenvalue weighted by Gasteiger charge is -2.12. The van der Waals surface area contributed by atoms with Crippen LogP contribution in [0.2, 0.25) is 0 Å². The van der Waals surface area contributed by atoms with E-state index >= 15 is 0 Å². The molecule has 0 saturated heterocycles. The molecule has 1 N–H and O–H groups in total. The number of rotatable bonds is 5. The molecule has 1 heterocycles. The standard InChI is InChI=1S/C24H20FN3O2/c1-16-24(30)28(22-8-3-2-7-21(22)27-16)15-17-9-11-19(12-10-17)23(29)26-14-18-5-4-6-20(25)13-18/h2-13H,14-15H2,1H3,(H,26,29). The molecule has 0 radical (unpaired) electrons. The number of halogens is 1. The van der Waals surface area contributed by atoms with Gasteiger partial charge in [0.15, 0.2) is 0 Å². The minimum atomic E-state index is -0.333. The average molecular weight is 401 g/mol. The van der Waals surface area contributed by atoms with Crippen molar-refractivity contribution in [1.29, 1.82) is 0 Å². The number of nitrogens with one attached hydrogen (secondary N) is 1. The van der Waals surface area contributed by atoms with Crippen molar-refractivity contribution in [3.63, 3.8) is 0 Å². The number of hydrogen-bond acceptors (Lipinski definition) is 3. The van der Waals surface area contributed by atoms with E-state index in [1.165, 1.54) is 12.1 Å². The van der Waals surface area contributed by atoms with Crippen LogP contribution in [0.1, 0.15) is 27.2 Å². The molecule has 30 heavy (non-hydrogen) atoms. The van der Waals surface area contributed by atoms with Gasteiger partial charge in [-0.05, 0) is 54.4 Å². The van der Waals surface area contributed by atoms with Crippen LogP contribution in [0.5, 0.6) is 0 Å². The fourth-order valence-electron chi connectivity index (χ4n) is 3.35. The number of benzene rings is 3. The van der Waals surface area contributed by atoms with Gasteiger partial charge in [-0.1, -0.05) is 36.4 Å². The summed E-state index contributed by atoms with van der Waals surface area (Å²) in [6.07, 6.45) is 0. The number of hydrogen-bond donors (Lipinski definition) is 1. The number of amides is 1. The Labute approximate surface area is 172 Å². The molecule has 0 aliphatic rings. The van der Waals surface area contributed by atoms with Crippen molar-refractivity contribution in [2.75, 3.05) is 0 Å². The molecular weight excluding hydrogens is 381 g/mol. The van der Waals surface area contributed by atoms with Crippen molar-refractivity contribution < 1.29 is 9.18 Å². The molecule has 4 rings (SSSR count). The number of para-hydroxylation sites is 2. The van der Waals surface area contributed by atoms with Crippen LogP contribution in [0.15, 0.2) is 77.6 Å². The molecule has 0 unspecified atom stereocenters. The van der Waals surface area contributed by atoms with Crippen LogP contribution in [0, 0.1) is 12.7 Å². The smallest absolute Gasteiger partial charge is 0.272 e. The summed E-state index contributed by atoms with van der Waals surface area (Å²) in [7, 11) is 0. The number of carbonyl (C=O) groups is 1. The third-order valence-corrected chi connectivity index (χ3v) is 4.91. The zero-order valence-electron chi connectivity index (χ0n) is 16.4. The quantitative estimate of drug-likeness (QED) is 0.553. The molecule has 1 amide bonds. The first-order chi connectivity index (χ1) is 14.5. The van der Waals surface area contributed by atoms with Gasteiger partial charge in [-0.2, -0.15) is 0 Å². The molecule has 0 aliphatic heterocycles. The second-order valence-electron chi connectivity index (χ2n) is 7.09. The zero-order valence-corrected chi connectivity index (χ0v) is 16.4. The Morgan fingerprint density at radius 1 is 1.00 bits per heavy atom. The van der Waals surface area contributed by atoms with E-state index in [-0.39, 0.29) is 23.8 Å². The largest absolute Gasteiger partial charge is 0.348 e. The predicted molar refractivity (Wildman–Crippen MR) is 114 cm³/mol. The SMILES string of the molecule is Cc1nc2ccccc2n(Cc2ccc(C(=O)NCc3cccc(F)c3)cc2)c1=O.